The average Bonchev–Trinajstić information content (AvgIpc) is 2.61. The maximum Gasteiger partial charge on any atom is 0.161 e. The Kier molecular flexibility index (Phi) is 2.39. The maximum absolute atomic E-state index is 10.9. The summed E-state index contributed by atoms with van der Waals surface area (Å²) in [5.41, 5.74) is -0.479. The van der Waals surface area contributed by atoms with Gasteiger partial charge in [0.2, 0.25) is 0 Å². The molecule has 4 nitrogen and oxygen atoms in total. The number of nitrogens with zero attached hydrogens (tertiary/aromatic N) is 1. The van der Waals surface area contributed by atoms with Crippen LogP contribution in [0.5, 0.6) is 11.5 Å². The van der Waals surface area contributed by atoms with E-state index in [1.165, 1.54) is 13.2 Å². The van der Waals surface area contributed by atoms with E-state index < -0.39 is 44.4 Å². The zero-order chi connectivity index (χ0) is 25.4. The average molecular weight is 330 g/mol. The van der Waals surface area contributed by atoms with Crippen LogP contribution in [0, 0.1) is 11.8 Å². The molecule has 1 aromatic carbocycles. The van der Waals surface area contributed by atoms with Crippen molar-refractivity contribution in [2.24, 2.45) is 11.8 Å². The first-order chi connectivity index (χ1) is 14.8. The summed E-state index contributed by atoms with van der Waals surface area (Å²) in [7, 11) is -1.66. The molecule has 0 radical (unpaired) electrons. The molecule has 3 atom stereocenters. The number of aliphatic hydroxyl groups excluding tert-OH is 1. The molecule has 128 valence electrons. The molecule has 2 aliphatic rings. The number of ether oxygens (including phenoxy) is 2. The van der Waals surface area contributed by atoms with Crippen LogP contribution in [-0.2, 0) is 6.37 Å². The van der Waals surface area contributed by atoms with Crippen molar-refractivity contribution in [1.82, 2.24) is 4.90 Å². The van der Waals surface area contributed by atoms with E-state index >= 15 is 0 Å². The highest BCUT2D eigenvalue weighted by molar-refractivity contribution is 5.49. The largest absolute Gasteiger partial charge is 0.493 e. The maximum atomic E-state index is 10.9. The minimum atomic E-state index is -3.02. The number of aliphatic hydroxyl groups is 1. The fourth-order valence-electron chi connectivity index (χ4n) is 3.07. The predicted octanol–water partition coefficient (Wildman–Crippen LogP) is 3.03. The van der Waals surface area contributed by atoms with E-state index in [1.54, 1.807) is 0 Å². The Balaban J connectivity index is 2.31. The molecule has 1 fully saturated rings. The number of benzene rings is 1. The van der Waals surface area contributed by atoms with Crippen LogP contribution in [0.25, 0.3) is 0 Å². The molecule has 0 bridgehead atoms. The second-order valence-corrected chi connectivity index (χ2v) is 6.31. The summed E-state index contributed by atoms with van der Waals surface area (Å²) in [5, 5.41) is 10.9. The number of methoxy groups -OCH3 is 2. The summed E-state index contributed by atoms with van der Waals surface area (Å²) in [5.74, 6) is -1.57. The van der Waals surface area contributed by atoms with Crippen molar-refractivity contribution in [3.63, 3.8) is 0 Å². The molecule has 3 unspecified atom stereocenters. The zero-order valence-corrected chi connectivity index (χ0v) is 13.5. The van der Waals surface area contributed by atoms with E-state index in [9.17, 15) is 6.48 Å². The number of hydrogen-bond acceptors (Lipinski definition) is 4. The molecule has 1 aromatic rings. The van der Waals surface area contributed by atoms with Crippen LogP contribution in [0.15, 0.2) is 12.1 Å². The van der Waals surface area contributed by atoms with Crippen LogP contribution in [-0.4, -0.2) is 43.3 Å². The highest BCUT2D eigenvalue weighted by Gasteiger charge is 2.38. The topological polar surface area (TPSA) is 41.9 Å². The molecule has 23 heavy (non-hydrogen) atoms. The number of aryl methyl sites for hydroxylation is 1. The van der Waals surface area contributed by atoms with Gasteiger partial charge in [-0.15, -0.1) is 0 Å². The Bertz CT molecular complexity index is 920. The molecule has 0 amide bonds. The molecular weight excluding hydrogens is 290 g/mol. The lowest BCUT2D eigenvalue weighted by Crippen LogP contribution is -2.48. The van der Waals surface area contributed by atoms with Gasteiger partial charge in [-0.25, -0.2) is 0 Å². The minimum absolute atomic E-state index is 0.0302. The molecule has 0 spiro atoms. The van der Waals surface area contributed by atoms with E-state index in [4.69, 9.17) is 21.8 Å². The molecule has 1 N–H and O–H groups in total. The van der Waals surface area contributed by atoms with E-state index in [0.29, 0.717) is 4.90 Å². The van der Waals surface area contributed by atoms with E-state index in [-0.39, 0.29) is 41.4 Å². The fraction of sp³-hybridized carbons (Fsp3) is 0.684. The van der Waals surface area contributed by atoms with Crippen molar-refractivity contribution in [2.45, 2.75) is 45.2 Å². The monoisotopic (exact) mass is 329 g/mol. The molecule has 3 rings (SSSR count). The van der Waals surface area contributed by atoms with Gasteiger partial charge in [-0.1, -0.05) is 13.8 Å². The lowest BCUT2D eigenvalue weighted by molar-refractivity contribution is -0.0191. The van der Waals surface area contributed by atoms with Crippen LogP contribution >= 0.6 is 0 Å². The van der Waals surface area contributed by atoms with Crippen molar-refractivity contribution in [3.05, 3.63) is 23.3 Å². The third-order valence-electron chi connectivity index (χ3n) is 4.18. The van der Waals surface area contributed by atoms with Gasteiger partial charge in [0, 0.05) is 27.2 Å². The summed E-state index contributed by atoms with van der Waals surface area (Å²) in [6, 6.07) is -0.0319. The van der Waals surface area contributed by atoms with Crippen molar-refractivity contribution < 1.29 is 28.3 Å². The smallest absolute Gasteiger partial charge is 0.161 e. The van der Waals surface area contributed by atoms with Crippen molar-refractivity contribution in [3.8, 4) is 11.5 Å². The van der Waals surface area contributed by atoms with Gasteiger partial charge in [-0.05, 0) is 54.3 Å². The number of fused-ring (bicyclic) bond motifs is 3. The van der Waals surface area contributed by atoms with Crippen molar-refractivity contribution in [2.75, 3.05) is 27.1 Å². The highest BCUT2D eigenvalue weighted by Crippen LogP contribution is 2.43. The molecule has 0 aliphatic carbocycles. The second-order valence-electron chi connectivity index (χ2n) is 6.31. The van der Waals surface area contributed by atoms with Crippen molar-refractivity contribution >= 4 is 0 Å². The molecule has 0 aromatic heterocycles. The lowest BCUT2D eigenvalue weighted by atomic mass is 9.79. The van der Waals surface area contributed by atoms with Gasteiger partial charge in [-0.2, -0.15) is 0 Å². The molecule has 2 aliphatic heterocycles. The van der Waals surface area contributed by atoms with Crippen LogP contribution < -0.4 is 9.47 Å². The van der Waals surface area contributed by atoms with Gasteiger partial charge in [0.15, 0.2) is 11.5 Å². The fourth-order valence-corrected chi connectivity index (χ4v) is 3.07. The van der Waals surface area contributed by atoms with Crippen LogP contribution in [0.2, 0.25) is 0 Å². The Morgan fingerprint density at radius 1 is 1.43 bits per heavy atom. The quantitative estimate of drug-likeness (QED) is 0.922. The van der Waals surface area contributed by atoms with E-state index in [2.05, 4.69) is 0 Å². The zero-order valence-electron chi connectivity index (χ0n) is 23.5. The van der Waals surface area contributed by atoms with Crippen LogP contribution in [0.3, 0.4) is 0 Å². The Labute approximate surface area is 153 Å². The van der Waals surface area contributed by atoms with Gasteiger partial charge in [0.05, 0.1) is 25.7 Å². The Morgan fingerprint density at radius 3 is 2.91 bits per heavy atom. The molecule has 1 saturated heterocycles. The lowest BCUT2D eigenvalue weighted by Gasteiger charge is -2.46. The summed E-state index contributed by atoms with van der Waals surface area (Å²) >= 11 is 0. The summed E-state index contributed by atoms with van der Waals surface area (Å²) in [6.45, 7) is -1.92. The SMILES string of the molecule is [2H]C([2H])([2H])Oc1cc2c(cc1OC)C1([2H])CC(O)C(CC(C)C)C([2H])([2H])N1C([2H])([2H])C2([2H])[2H]. The first-order valence-electron chi connectivity index (χ1n) is 12.7. The Hall–Kier alpha value is -1.26. The predicted molar refractivity (Wildman–Crippen MR) is 91.1 cm³/mol. The summed E-state index contributed by atoms with van der Waals surface area (Å²) < 4.78 is 93.4. The Morgan fingerprint density at radius 2 is 2.22 bits per heavy atom. The third-order valence-corrected chi connectivity index (χ3v) is 4.18. The summed E-state index contributed by atoms with van der Waals surface area (Å²) in [6.07, 6.45) is -4.33. The van der Waals surface area contributed by atoms with Gasteiger partial charge in [0.25, 0.3) is 0 Å². The first kappa shape index (κ1) is 8.21. The van der Waals surface area contributed by atoms with Gasteiger partial charge in [-0.3, -0.25) is 4.90 Å². The first-order valence-corrected chi connectivity index (χ1v) is 7.71. The molecule has 4 heteroatoms. The third kappa shape index (κ3) is 3.20. The van der Waals surface area contributed by atoms with E-state index in [1.807, 2.05) is 13.8 Å². The number of hydrogen-bond donors (Lipinski definition) is 1. The normalized spacial score (nSPS) is 44.2. The second kappa shape index (κ2) is 6.70. The van der Waals surface area contributed by atoms with Gasteiger partial charge in [0.1, 0.15) is 0 Å². The van der Waals surface area contributed by atoms with Crippen LogP contribution in [0.1, 0.15) is 57.5 Å². The molecule has 0 saturated carbocycles. The molecular formula is C19H29NO3. The number of piperidine rings is 1. The van der Waals surface area contributed by atoms with Gasteiger partial charge >= 0.3 is 0 Å². The standard InChI is InChI=1S/C19H29NO3/c1-12(2)7-14-11-20-6-5-13-8-18(22-3)19(23-4)9-15(13)16(20)10-17(14)21/h8-9,12,14,16-17,21H,5-7,10-11H2,1-4H3/i3D3,5D2,6D2,11D2,16D. The molecule has 2 heterocycles. The summed E-state index contributed by atoms with van der Waals surface area (Å²) in [4.78, 5) is 0.582. The van der Waals surface area contributed by atoms with Crippen molar-refractivity contribution in [1.29, 1.82) is 0 Å². The minimum Gasteiger partial charge on any atom is -0.493 e. The number of rotatable bonds is 4. The van der Waals surface area contributed by atoms with Crippen LogP contribution in [0.4, 0.5) is 0 Å². The van der Waals surface area contributed by atoms with Gasteiger partial charge < -0.3 is 14.6 Å². The highest BCUT2D eigenvalue weighted by atomic mass is 16.5. The van der Waals surface area contributed by atoms with E-state index in [0.717, 1.165) is 6.07 Å².